The molecule has 14 heavy (non-hydrogen) atoms. The summed E-state index contributed by atoms with van der Waals surface area (Å²) in [4.78, 5) is 10.5. The molecule has 1 aromatic rings. The zero-order chi connectivity index (χ0) is 10.1. The molecule has 0 saturated carbocycles. The second-order valence-corrected chi connectivity index (χ2v) is 3.40. The average Bonchev–Trinajstić information content (AvgIpc) is 2.43. The second kappa shape index (κ2) is 3.31. The van der Waals surface area contributed by atoms with Gasteiger partial charge in [-0.05, 0) is 11.1 Å². The highest BCUT2D eigenvalue weighted by atomic mass is 16.4. The molecule has 0 bridgehead atoms. The quantitative estimate of drug-likeness (QED) is 0.621. The minimum absolute atomic E-state index is 0.483. The van der Waals surface area contributed by atoms with E-state index in [1.807, 2.05) is 24.3 Å². The van der Waals surface area contributed by atoms with Crippen LogP contribution >= 0.6 is 0 Å². The van der Waals surface area contributed by atoms with Crippen LogP contribution < -0.4 is 5.32 Å². The topological polar surface area (TPSA) is 69.6 Å². The second-order valence-electron chi connectivity index (χ2n) is 3.40. The molecule has 74 valence electrons. The number of amides is 1. The third kappa shape index (κ3) is 1.44. The van der Waals surface area contributed by atoms with Crippen molar-refractivity contribution in [2.45, 2.75) is 18.6 Å². The number of aliphatic hydroxyl groups excluding tert-OH is 1. The van der Waals surface area contributed by atoms with Gasteiger partial charge in [0.15, 0.2) is 0 Å². The molecular formula is C10H11NO3. The molecule has 3 N–H and O–H groups in total. The van der Waals surface area contributed by atoms with Crippen LogP contribution in [-0.4, -0.2) is 22.4 Å². The predicted octanol–water partition coefficient (Wildman–Crippen LogP) is 0.912. The fourth-order valence-corrected chi connectivity index (χ4v) is 1.88. The fraction of sp³-hybridized carbons (Fsp3) is 0.300. The number of hydrogen-bond acceptors (Lipinski definition) is 2. The molecule has 0 unspecified atom stereocenters. The van der Waals surface area contributed by atoms with Crippen LogP contribution in [-0.2, 0) is 6.42 Å². The molecule has 1 aromatic carbocycles. The molecule has 4 nitrogen and oxygen atoms in total. The number of fused-ring (bicyclic) bond motifs is 1. The summed E-state index contributed by atoms with van der Waals surface area (Å²) in [7, 11) is 0. The maximum atomic E-state index is 10.5. The number of hydrogen-bond donors (Lipinski definition) is 3. The van der Waals surface area contributed by atoms with Crippen molar-refractivity contribution >= 4 is 6.09 Å². The fourth-order valence-electron chi connectivity index (χ4n) is 1.88. The van der Waals surface area contributed by atoms with Crippen LogP contribution in [0, 0.1) is 0 Å². The number of benzene rings is 1. The van der Waals surface area contributed by atoms with E-state index in [0.717, 1.165) is 11.1 Å². The van der Waals surface area contributed by atoms with Crippen molar-refractivity contribution in [3.63, 3.8) is 0 Å². The highest BCUT2D eigenvalue weighted by Gasteiger charge is 2.31. The Kier molecular flexibility index (Phi) is 2.13. The number of carboxylic acid groups (broad SMARTS) is 1. The molecule has 1 aliphatic rings. The monoisotopic (exact) mass is 193 g/mol. The van der Waals surface area contributed by atoms with E-state index in [0.29, 0.717) is 6.42 Å². The zero-order valence-corrected chi connectivity index (χ0v) is 7.47. The van der Waals surface area contributed by atoms with Gasteiger partial charge in [0.05, 0.1) is 12.1 Å². The summed E-state index contributed by atoms with van der Waals surface area (Å²) in [5.41, 5.74) is 1.89. The largest absolute Gasteiger partial charge is 0.465 e. The average molecular weight is 193 g/mol. The van der Waals surface area contributed by atoms with Crippen LogP contribution in [0.5, 0.6) is 0 Å². The molecule has 0 radical (unpaired) electrons. The van der Waals surface area contributed by atoms with E-state index in [2.05, 4.69) is 5.32 Å². The Bertz CT molecular complexity index is 364. The van der Waals surface area contributed by atoms with Gasteiger partial charge in [0.25, 0.3) is 0 Å². The summed E-state index contributed by atoms with van der Waals surface area (Å²) in [6, 6.07) is 6.99. The van der Waals surface area contributed by atoms with Gasteiger partial charge in [-0.3, -0.25) is 0 Å². The molecule has 4 heteroatoms. The Morgan fingerprint density at radius 1 is 1.43 bits per heavy atom. The summed E-state index contributed by atoms with van der Waals surface area (Å²) in [5.74, 6) is 0. The van der Waals surface area contributed by atoms with Crippen molar-refractivity contribution < 1.29 is 15.0 Å². The number of nitrogens with one attached hydrogen (secondary N) is 1. The summed E-state index contributed by atoms with van der Waals surface area (Å²) in [5, 5.41) is 20.5. The molecule has 0 heterocycles. The van der Waals surface area contributed by atoms with E-state index >= 15 is 0 Å². The maximum Gasteiger partial charge on any atom is 0.405 e. The first-order valence-electron chi connectivity index (χ1n) is 4.44. The minimum atomic E-state index is -1.11. The number of carbonyl (C=O) groups is 1. The standard InChI is InChI=1S/C10H11NO3/c12-8-5-6-3-1-2-4-7(6)9(8)11-10(13)14/h1-4,8-9,11-12H,5H2,(H,13,14)/t8-,9-/m1/s1. The molecule has 0 saturated heterocycles. The first-order chi connectivity index (χ1) is 6.68. The van der Waals surface area contributed by atoms with Gasteiger partial charge in [0.1, 0.15) is 0 Å². The van der Waals surface area contributed by atoms with Gasteiger partial charge in [0, 0.05) is 6.42 Å². The summed E-state index contributed by atoms with van der Waals surface area (Å²) in [6.45, 7) is 0. The van der Waals surface area contributed by atoms with E-state index in [-0.39, 0.29) is 0 Å². The molecule has 1 amide bonds. The third-order valence-electron chi connectivity index (χ3n) is 2.48. The lowest BCUT2D eigenvalue weighted by molar-refractivity contribution is 0.131. The lowest BCUT2D eigenvalue weighted by Gasteiger charge is -2.15. The van der Waals surface area contributed by atoms with Crippen LogP contribution in [0.3, 0.4) is 0 Å². The molecule has 0 fully saturated rings. The van der Waals surface area contributed by atoms with Gasteiger partial charge in [-0.1, -0.05) is 24.3 Å². The van der Waals surface area contributed by atoms with Gasteiger partial charge in [0.2, 0.25) is 0 Å². The lowest BCUT2D eigenvalue weighted by atomic mass is 10.1. The van der Waals surface area contributed by atoms with E-state index in [1.165, 1.54) is 0 Å². The maximum absolute atomic E-state index is 10.5. The van der Waals surface area contributed by atoms with Crippen molar-refractivity contribution in [1.82, 2.24) is 5.32 Å². The van der Waals surface area contributed by atoms with Crippen LogP contribution in [0.1, 0.15) is 17.2 Å². The van der Waals surface area contributed by atoms with Crippen LogP contribution in [0.15, 0.2) is 24.3 Å². The van der Waals surface area contributed by atoms with Crippen molar-refractivity contribution in [3.8, 4) is 0 Å². The van der Waals surface area contributed by atoms with Gasteiger partial charge >= 0.3 is 6.09 Å². The number of aliphatic hydroxyl groups is 1. The predicted molar refractivity (Wildman–Crippen MR) is 50.1 cm³/mol. The summed E-state index contributed by atoms with van der Waals surface area (Å²) < 4.78 is 0. The van der Waals surface area contributed by atoms with E-state index in [4.69, 9.17) is 5.11 Å². The van der Waals surface area contributed by atoms with Crippen molar-refractivity contribution in [2.75, 3.05) is 0 Å². The number of rotatable bonds is 1. The molecule has 1 aliphatic carbocycles. The Morgan fingerprint density at radius 2 is 2.14 bits per heavy atom. The van der Waals surface area contributed by atoms with Gasteiger partial charge in [-0.25, -0.2) is 4.79 Å². The zero-order valence-electron chi connectivity index (χ0n) is 7.47. The van der Waals surface area contributed by atoms with Crippen LogP contribution in [0.25, 0.3) is 0 Å². The van der Waals surface area contributed by atoms with Crippen molar-refractivity contribution in [1.29, 1.82) is 0 Å². The molecule has 0 aliphatic heterocycles. The van der Waals surface area contributed by atoms with E-state index in [9.17, 15) is 9.90 Å². The molecule has 0 spiro atoms. The Balaban J connectivity index is 2.30. The molecule has 2 rings (SSSR count). The van der Waals surface area contributed by atoms with Gasteiger partial charge in [-0.15, -0.1) is 0 Å². The molecular weight excluding hydrogens is 182 g/mol. The van der Waals surface area contributed by atoms with Gasteiger partial charge in [-0.2, -0.15) is 0 Å². The Hall–Kier alpha value is -1.55. The first-order valence-corrected chi connectivity index (χ1v) is 4.44. The van der Waals surface area contributed by atoms with E-state index < -0.39 is 18.2 Å². The van der Waals surface area contributed by atoms with Crippen LogP contribution in [0.2, 0.25) is 0 Å². The Morgan fingerprint density at radius 3 is 2.86 bits per heavy atom. The Labute approximate surface area is 81.2 Å². The highest BCUT2D eigenvalue weighted by molar-refractivity contribution is 5.66. The lowest BCUT2D eigenvalue weighted by Crippen LogP contribution is -2.32. The SMILES string of the molecule is O=C(O)N[C@@H]1c2ccccc2C[C@H]1O. The van der Waals surface area contributed by atoms with Gasteiger partial charge < -0.3 is 15.5 Å². The molecule has 0 aromatic heterocycles. The smallest absolute Gasteiger partial charge is 0.405 e. The summed E-state index contributed by atoms with van der Waals surface area (Å²) in [6.07, 6.45) is -1.24. The third-order valence-corrected chi connectivity index (χ3v) is 2.48. The summed E-state index contributed by atoms with van der Waals surface area (Å²) >= 11 is 0. The van der Waals surface area contributed by atoms with E-state index in [1.54, 1.807) is 0 Å². The van der Waals surface area contributed by atoms with Crippen LogP contribution in [0.4, 0.5) is 4.79 Å². The minimum Gasteiger partial charge on any atom is -0.465 e. The van der Waals surface area contributed by atoms with Crippen molar-refractivity contribution in [3.05, 3.63) is 35.4 Å². The first kappa shape index (κ1) is 9.02. The van der Waals surface area contributed by atoms with Crippen molar-refractivity contribution in [2.24, 2.45) is 0 Å². The molecule has 2 atom stereocenters. The highest BCUT2D eigenvalue weighted by Crippen LogP contribution is 2.30. The normalized spacial score (nSPS) is 24.4.